The maximum Gasteiger partial charge on any atom is 0.323 e. The standard InChI is InChI=1S/C14H18Cl2N2O4/c1-22-14(19)13(17(8-6-15)9-7-16)10-11-2-4-12(5-3-11)18(20)21/h2-5,13H,6-10H2,1H3/t13-/m0/s1. The molecule has 0 bridgehead atoms. The summed E-state index contributed by atoms with van der Waals surface area (Å²) in [5, 5.41) is 10.7. The number of halogens is 2. The van der Waals surface area contributed by atoms with E-state index in [2.05, 4.69) is 0 Å². The smallest absolute Gasteiger partial charge is 0.323 e. The number of hydrogen-bond donors (Lipinski definition) is 0. The number of alkyl halides is 2. The van der Waals surface area contributed by atoms with Crippen molar-refractivity contribution < 1.29 is 14.5 Å². The molecule has 122 valence electrons. The van der Waals surface area contributed by atoms with Gasteiger partial charge >= 0.3 is 5.97 Å². The van der Waals surface area contributed by atoms with E-state index in [1.165, 1.54) is 19.2 Å². The normalized spacial score (nSPS) is 12.2. The van der Waals surface area contributed by atoms with Gasteiger partial charge in [-0.2, -0.15) is 0 Å². The van der Waals surface area contributed by atoms with Crippen LogP contribution in [0.3, 0.4) is 0 Å². The van der Waals surface area contributed by atoms with E-state index in [-0.39, 0.29) is 11.7 Å². The van der Waals surface area contributed by atoms with Crippen molar-refractivity contribution in [1.29, 1.82) is 0 Å². The van der Waals surface area contributed by atoms with E-state index in [4.69, 9.17) is 27.9 Å². The summed E-state index contributed by atoms with van der Waals surface area (Å²) in [5.41, 5.74) is 0.812. The van der Waals surface area contributed by atoms with E-state index in [0.29, 0.717) is 31.3 Å². The molecular weight excluding hydrogens is 331 g/mol. The third-order valence-electron chi connectivity index (χ3n) is 3.23. The first-order valence-corrected chi connectivity index (χ1v) is 7.77. The number of nitro benzene ring substituents is 1. The summed E-state index contributed by atoms with van der Waals surface area (Å²) in [4.78, 5) is 24.1. The Balaban J connectivity index is 2.91. The third-order valence-corrected chi connectivity index (χ3v) is 3.57. The van der Waals surface area contributed by atoms with Crippen LogP contribution < -0.4 is 0 Å². The van der Waals surface area contributed by atoms with Gasteiger partial charge in [-0.05, 0) is 12.0 Å². The first-order chi connectivity index (χ1) is 10.5. The number of rotatable bonds is 9. The van der Waals surface area contributed by atoms with Gasteiger partial charge in [0.2, 0.25) is 0 Å². The summed E-state index contributed by atoms with van der Waals surface area (Å²) in [6.45, 7) is 1.00. The minimum atomic E-state index is -0.524. The summed E-state index contributed by atoms with van der Waals surface area (Å²) < 4.78 is 4.85. The summed E-state index contributed by atoms with van der Waals surface area (Å²) in [6, 6.07) is 5.57. The Labute approximate surface area is 139 Å². The Bertz CT molecular complexity index is 490. The number of esters is 1. The molecule has 0 N–H and O–H groups in total. The van der Waals surface area contributed by atoms with Crippen molar-refractivity contribution in [2.45, 2.75) is 12.5 Å². The number of carbonyl (C=O) groups excluding carboxylic acids is 1. The van der Waals surface area contributed by atoms with Crippen molar-refractivity contribution in [2.24, 2.45) is 0 Å². The van der Waals surface area contributed by atoms with Gasteiger partial charge in [0.1, 0.15) is 6.04 Å². The number of nitrogens with zero attached hydrogens (tertiary/aromatic N) is 2. The number of carbonyl (C=O) groups is 1. The lowest BCUT2D eigenvalue weighted by molar-refractivity contribution is -0.384. The average Bonchev–Trinajstić information content (AvgIpc) is 2.52. The summed E-state index contributed by atoms with van der Waals surface area (Å²) >= 11 is 11.5. The molecule has 0 aliphatic heterocycles. The molecular formula is C14H18Cl2N2O4. The molecule has 0 saturated carbocycles. The molecule has 0 fully saturated rings. The molecule has 1 rings (SSSR count). The monoisotopic (exact) mass is 348 g/mol. The van der Waals surface area contributed by atoms with Crippen molar-refractivity contribution in [1.82, 2.24) is 4.90 Å². The average molecular weight is 349 g/mol. The number of ether oxygens (including phenoxy) is 1. The van der Waals surface area contributed by atoms with E-state index in [1.54, 1.807) is 12.1 Å². The van der Waals surface area contributed by atoms with Gasteiger partial charge in [0.25, 0.3) is 5.69 Å². The first kappa shape index (κ1) is 18.7. The van der Waals surface area contributed by atoms with E-state index >= 15 is 0 Å². The molecule has 0 unspecified atom stereocenters. The fraction of sp³-hybridized carbons (Fsp3) is 0.500. The van der Waals surface area contributed by atoms with Crippen LogP contribution in [0.5, 0.6) is 0 Å². The largest absolute Gasteiger partial charge is 0.468 e. The fourth-order valence-corrected chi connectivity index (χ4v) is 2.55. The van der Waals surface area contributed by atoms with E-state index in [0.717, 1.165) is 5.56 Å². The van der Waals surface area contributed by atoms with Gasteiger partial charge < -0.3 is 4.74 Å². The minimum Gasteiger partial charge on any atom is -0.468 e. The van der Waals surface area contributed by atoms with E-state index < -0.39 is 11.0 Å². The topological polar surface area (TPSA) is 72.7 Å². The third kappa shape index (κ3) is 5.44. The second-order valence-corrected chi connectivity index (χ2v) is 5.34. The lowest BCUT2D eigenvalue weighted by atomic mass is 10.0. The predicted octanol–water partition coefficient (Wildman–Crippen LogP) is 2.46. The molecule has 22 heavy (non-hydrogen) atoms. The van der Waals surface area contributed by atoms with Crippen LogP contribution in [0.2, 0.25) is 0 Å². The maximum atomic E-state index is 12.0. The van der Waals surface area contributed by atoms with Crippen molar-refractivity contribution in [3.63, 3.8) is 0 Å². The van der Waals surface area contributed by atoms with Crippen LogP contribution in [0.25, 0.3) is 0 Å². The number of hydrogen-bond acceptors (Lipinski definition) is 5. The van der Waals surface area contributed by atoms with Crippen LogP contribution in [0, 0.1) is 10.1 Å². The molecule has 0 heterocycles. The van der Waals surface area contributed by atoms with Crippen LogP contribution in [0.1, 0.15) is 5.56 Å². The molecule has 0 spiro atoms. The maximum absolute atomic E-state index is 12.0. The Morgan fingerprint density at radius 1 is 1.27 bits per heavy atom. The highest BCUT2D eigenvalue weighted by atomic mass is 35.5. The van der Waals surface area contributed by atoms with Gasteiger partial charge in [-0.3, -0.25) is 19.8 Å². The molecule has 1 atom stereocenters. The van der Waals surface area contributed by atoms with Crippen LogP contribution in [0.4, 0.5) is 5.69 Å². The second kappa shape index (κ2) is 9.61. The lowest BCUT2D eigenvalue weighted by Gasteiger charge is -2.28. The van der Waals surface area contributed by atoms with Crippen molar-refractivity contribution in [2.75, 3.05) is 32.0 Å². The van der Waals surface area contributed by atoms with Crippen LogP contribution in [-0.4, -0.2) is 53.8 Å². The van der Waals surface area contributed by atoms with Crippen molar-refractivity contribution >= 4 is 34.9 Å². The SMILES string of the molecule is COC(=O)[C@H](Cc1ccc([N+](=O)[O-])cc1)N(CCCl)CCCl. The van der Waals surface area contributed by atoms with Gasteiger partial charge in [0.05, 0.1) is 12.0 Å². The fourth-order valence-electron chi connectivity index (χ4n) is 2.12. The predicted molar refractivity (Wildman–Crippen MR) is 85.6 cm³/mol. The lowest BCUT2D eigenvalue weighted by Crippen LogP contribution is -2.45. The molecule has 6 nitrogen and oxygen atoms in total. The summed E-state index contributed by atoms with van der Waals surface area (Å²) in [6.07, 6.45) is 0.373. The highest BCUT2D eigenvalue weighted by Crippen LogP contribution is 2.16. The highest BCUT2D eigenvalue weighted by molar-refractivity contribution is 6.18. The van der Waals surface area contributed by atoms with Crippen LogP contribution in [0.15, 0.2) is 24.3 Å². The Kier molecular flexibility index (Phi) is 8.16. The quantitative estimate of drug-likeness (QED) is 0.296. The highest BCUT2D eigenvalue weighted by Gasteiger charge is 2.26. The number of nitro groups is 1. The molecule has 0 aliphatic rings. The Morgan fingerprint density at radius 3 is 2.23 bits per heavy atom. The van der Waals surface area contributed by atoms with Gasteiger partial charge in [0.15, 0.2) is 0 Å². The molecule has 1 aromatic carbocycles. The van der Waals surface area contributed by atoms with Gasteiger partial charge in [0, 0.05) is 37.0 Å². The molecule has 1 aromatic rings. The second-order valence-electron chi connectivity index (χ2n) is 4.58. The van der Waals surface area contributed by atoms with Gasteiger partial charge in [-0.15, -0.1) is 23.2 Å². The zero-order chi connectivity index (χ0) is 16.5. The van der Waals surface area contributed by atoms with Crippen molar-refractivity contribution in [3.8, 4) is 0 Å². The number of benzene rings is 1. The molecule has 0 aromatic heterocycles. The number of methoxy groups -OCH3 is 1. The van der Waals surface area contributed by atoms with E-state index in [1.807, 2.05) is 4.90 Å². The van der Waals surface area contributed by atoms with E-state index in [9.17, 15) is 14.9 Å². The zero-order valence-corrected chi connectivity index (χ0v) is 13.7. The Morgan fingerprint density at radius 2 is 1.82 bits per heavy atom. The Hall–Kier alpha value is -1.37. The van der Waals surface area contributed by atoms with Gasteiger partial charge in [-0.25, -0.2) is 0 Å². The van der Waals surface area contributed by atoms with Crippen molar-refractivity contribution in [3.05, 3.63) is 39.9 Å². The molecule has 8 heteroatoms. The molecule has 0 aliphatic carbocycles. The number of non-ortho nitro benzene ring substituents is 1. The first-order valence-electron chi connectivity index (χ1n) is 6.70. The molecule has 0 radical (unpaired) electrons. The minimum absolute atomic E-state index is 0.0109. The van der Waals surface area contributed by atoms with Crippen LogP contribution >= 0.6 is 23.2 Å². The summed E-state index contributed by atoms with van der Waals surface area (Å²) in [7, 11) is 1.32. The molecule has 0 amide bonds. The zero-order valence-electron chi connectivity index (χ0n) is 12.2. The van der Waals surface area contributed by atoms with Crippen LogP contribution in [-0.2, 0) is 16.0 Å². The summed E-state index contributed by atoms with van der Waals surface area (Å²) in [5.74, 6) is 0.350. The van der Waals surface area contributed by atoms with Gasteiger partial charge in [-0.1, -0.05) is 12.1 Å². The molecule has 0 saturated heterocycles.